The predicted octanol–water partition coefficient (Wildman–Crippen LogP) is 0.988. The second-order valence-electron chi connectivity index (χ2n) is 4.57. The van der Waals surface area contributed by atoms with Gasteiger partial charge >= 0.3 is 0 Å². The van der Waals surface area contributed by atoms with Crippen molar-refractivity contribution in [2.75, 3.05) is 18.0 Å². The molecule has 1 aromatic carbocycles. The number of nitrogens with zero attached hydrogens (tertiary/aromatic N) is 2. The average Bonchev–Trinajstić information content (AvgIpc) is 2.78. The highest BCUT2D eigenvalue weighted by Crippen LogP contribution is 2.27. The highest BCUT2D eigenvalue weighted by Gasteiger charge is 2.35. The molecule has 0 aliphatic carbocycles. The monoisotopic (exact) mass is 257 g/mol. The lowest BCUT2D eigenvalue weighted by molar-refractivity contribution is -0.126. The van der Waals surface area contributed by atoms with Crippen LogP contribution >= 0.6 is 0 Å². The predicted molar refractivity (Wildman–Crippen MR) is 70.3 cm³/mol. The number of nitriles is 1. The SMILES string of the molecule is Cc1ccccc1N1C[C@@H](C(=O)NCC#N)CC1=O. The molecule has 98 valence electrons. The summed E-state index contributed by atoms with van der Waals surface area (Å²) in [5.41, 5.74) is 1.86. The van der Waals surface area contributed by atoms with Gasteiger partial charge < -0.3 is 10.2 Å². The molecule has 1 N–H and O–H groups in total. The van der Waals surface area contributed by atoms with E-state index in [0.717, 1.165) is 11.3 Å². The second kappa shape index (κ2) is 5.53. The molecule has 0 saturated carbocycles. The number of benzene rings is 1. The van der Waals surface area contributed by atoms with Crippen LogP contribution in [0, 0.1) is 24.2 Å². The number of anilines is 1. The van der Waals surface area contributed by atoms with Crippen LogP contribution < -0.4 is 10.2 Å². The summed E-state index contributed by atoms with van der Waals surface area (Å²) in [6, 6.07) is 9.46. The van der Waals surface area contributed by atoms with Gasteiger partial charge in [-0.05, 0) is 18.6 Å². The van der Waals surface area contributed by atoms with E-state index < -0.39 is 0 Å². The maximum absolute atomic E-state index is 12.0. The fraction of sp³-hybridized carbons (Fsp3) is 0.357. The molecule has 5 heteroatoms. The molecule has 1 aliphatic rings. The number of rotatable bonds is 3. The lowest BCUT2D eigenvalue weighted by Crippen LogP contribution is -2.33. The highest BCUT2D eigenvalue weighted by atomic mass is 16.2. The average molecular weight is 257 g/mol. The van der Waals surface area contributed by atoms with Gasteiger partial charge in [0.25, 0.3) is 0 Å². The van der Waals surface area contributed by atoms with Crippen molar-refractivity contribution in [3.63, 3.8) is 0 Å². The summed E-state index contributed by atoms with van der Waals surface area (Å²) < 4.78 is 0. The molecule has 2 rings (SSSR count). The maximum Gasteiger partial charge on any atom is 0.227 e. The first-order valence-corrected chi connectivity index (χ1v) is 6.14. The van der Waals surface area contributed by atoms with Crippen molar-refractivity contribution in [3.05, 3.63) is 29.8 Å². The summed E-state index contributed by atoms with van der Waals surface area (Å²) in [6.07, 6.45) is 0.200. The molecule has 0 aromatic heterocycles. The lowest BCUT2D eigenvalue weighted by atomic mass is 10.1. The third kappa shape index (κ3) is 2.74. The van der Waals surface area contributed by atoms with Gasteiger partial charge in [0.2, 0.25) is 11.8 Å². The molecule has 19 heavy (non-hydrogen) atoms. The van der Waals surface area contributed by atoms with Gasteiger partial charge in [-0.25, -0.2) is 0 Å². The fourth-order valence-corrected chi connectivity index (χ4v) is 2.25. The van der Waals surface area contributed by atoms with Crippen molar-refractivity contribution in [2.45, 2.75) is 13.3 Å². The van der Waals surface area contributed by atoms with Crippen molar-refractivity contribution in [1.29, 1.82) is 5.26 Å². The number of hydrogen-bond donors (Lipinski definition) is 1. The molecule has 0 spiro atoms. The summed E-state index contributed by atoms with van der Waals surface area (Å²) in [5.74, 6) is -0.655. The van der Waals surface area contributed by atoms with Gasteiger partial charge in [-0.3, -0.25) is 9.59 Å². The number of carbonyl (C=O) groups excluding carboxylic acids is 2. The Morgan fingerprint density at radius 3 is 2.95 bits per heavy atom. The van der Waals surface area contributed by atoms with E-state index in [2.05, 4.69) is 5.32 Å². The number of amides is 2. The van der Waals surface area contributed by atoms with Gasteiger partial charge in [0, 0.05) is 18.7 Å². The van der Waals surface area contributed by atoms with Crippen molar-refractivity contribution in [3.8, 4) is 6.07 Å². The summed E-state index contributed by atoms with van der Waals surface area (Å²) in [7, 11) is 0. The van der Waals surface area contributed by atoms with Gasteiger partial charge in [0.15, 0.2) is 0 Å². The van der Waals surface area contributed by atoms with E-state index in [0.29, 0.717) is 6.54 Å². The molecule has 0 unspecified atom stereocenters. The topological polar surface area (TPSA) is 73.2 Å². The molecule has 1 aromatic rings. The Hall–Kier alpha value is -2.35. The molecule has 0 bridgehead atoms. The Morgan fingerprint density at radius 1 is 1.53 bits per heavy atom. The van der Waals surface area contributed by atoms with E-state index in [1.807, 2.05) is 37.3 Å². The molecule has 1 atom stereocenters. The second-order valence-corrected chi connectivity index (χ2v) is 4.57. The molecular weight excluding hydrogens is 242 g/mol. The minimum absolute atomic E-state index is 0.0200. The normalized spacial score (nSPS) is 18.2. The summed E-state index contributed by atoms with van der Waals surface area (Å²) in [4.78, 5) is 25.4. The third-order valence-electron chi connectivity index (χ3n) is 3.24. The number of para-hydroxylation sites is 1. The molecule has 0 radical (unpaired) electrons. The van der Waals surface area contributed by atoms with E-state index >= 15 is 0 Å². The van der Waals surface area contributed by atoms with Crippen molar-refractivity contribution < 1.29 is 9.59 Å². The molecule has 1 heterocycles. The van der Waals surface area contributed by atoms with Crippen molar-refractivity contribution in [2.24, 2.45) is 5.92 Å². The zero-order chi connectivity index (χ0) is 13.8. The zero-order valence-corrected chi connectivity index (χ0v) is 10.7. The van der Waals surface area contributed by atoms with Crippen LogP contribution in [0.1, 0.15) is 12.0 Å². The van der Waals surface area contributed by atoms with Crippen molar-refractivity contribution in [1.82, 2.24) is 5.32 Å². The van der Waals surface area contributed by atoms with E-state index in [1.54, 1.807) is 4.90 Å². The molecular formula is C14H15N3O2. The van der Waals surface area contributed by atoms with E-state index in [4.69, 9.17) is 5.26 Å². The first kappa shape index (κ1) is 13.1. The maximum atomic E-state index is 12.0. The number of nitrogens with one attached hydrogen (secondary N) is 1. The Balaban J connectivity index is 2.10. The third-order valence-corrected chi connectivity index (χ3v) is 3.24. The minimum atomic E-state index is -0.375. The van der Waals surface area contributed by atoms with Crippen LogP contribution in [0.15, 0.2) is 24.3 Å². The highest BCUT2D eigenvalue weighted by molar-refractivity contribution is 6.00. The minimum Gasteiger partial charge on any atom is -0.343 e. The van der Waals surface area contributed by atoms with Crippen LogP contribution in [-0.4, -0.2) is 24.9 Å². The van der Waals surface area contributed by atoms with E-state index in [1.165, 1.54) is 0 Å². The summed E-state index contributed by atoms with van der Waals surface area (Å²) in [6.45, 7) is 2.29. The Labute approximate surface area is 111 Å². The van der Waals surface area contributed by atoms with E-state index in [-0.39, 0.29) is 30.7 Å². The molecule has 1 fully saturated rings. The molecule has 2 amide bonds. The van der Waals surface area contributed by atoms with Crippen molar-refractivity contribution >= 4 is 17.5 Å². The summed E-state index contributed by atoms with van der Waals surface area (Å²) >= 11 is 0. The first-order chi connectivity index (χ1) is 9.13. The number of aryl methyl sites for hydroxylation is 1. The molecule has 5 nitrogen and oxygen atoms in total. The van der Waals surface area contributed by atoms with Crippen LogP contribution in [0.25, 0.3) is 0 Å². The standard InChI is InChI=1S/C14H15N3O2/c1-10-4-2-3-5-12(10)17-9-11(8-13(17)18)14(19)16-7-6-15/h2-5,11H,7-9H2,1H3,(H,16,19)/t11-/m0/s1. The van der Waals surface area contributed by atoms with Gasteiger partial charge in [0.1, 0.15) is 6.54 Å². The first-order valence-electron chi connectivity index (χ1n) is 6.14. The van der Waals surface area contributed by atoms with Crippen LogP contribution in [0.4, 0.5) is 5.69 Å². The molecule has 1 saturated heterocycles. The Morgan fingerprint density at radius 2 is 2.26 bits per heavy atom. The Bertz CT molecular complexity index is 548. The number of hydrogen-bond acceptors (Lipinski definition) is 3. The van der Waals surface area contributed by atoms with Gasteiger partial charge in [-0.15, -0.1) is 0 Å². The summed E-state index contributed by atoms with van der Waals surface area (Å²) in [5, 5.41) is 10.9. The largest absolute Gasteiger partial charge is 0.343 e. The zero-order valence-electron chi connectivity index (χ0n) is 10.7. The van der Waals surface area contributed by atoms with Crippen LogP contribution in [-0.2, 0) is 9.59 Å². The lowest BCUT2D eigenvalue weighted by Gasteiger charge is -2.18. The fourth-order valence-electron chi connectivity index (χ4n) is 2.25. The van der Waals surface area contributed by atoms with Gasteiger partial charge in [0.05, 0.1) is 12.0 Å². The van der Waals surface area contributed by atoms with Crippen LogP contribution in [0.3, 0.4) is 0 Å². The quantitative estimate of drug-likeness (QED) is 0.820. The van der Waals surface area contributed by atoms with Gasteiger partial charge in [-0.2, -0.15) is 5.26 Å². The van der Waals surface area contributed by atoms with Crippen LogP contribution in [0.2, 0.25) is 0 Å². The molecule has 1 aliphatic heterocycles. The van der Waals surface area contributed by atoms with Gasteiger partial charge in [-0.1, -0.05) is 18.2 Å². The smallest absolute Gasteiger partial charge is 0.227 e. The number of carbonyl (C=O) groups is 2. The van der Waals surface area contributed by atoms with E-state index in [9.17, 15) is 9.59 Å². The van der Waals surface area contributed by atoms with Crippen LogP contribution in [0.5, 0.6) is 0 Å². The Kier molecular flexibility index (Phi) is 3.81.